The zero-order chi connectivity index (χ0) is 24.6. The molecule has 1 aliphatic heterocycles. The monoisotopic (exact) mass is 450 g/mol. The normalized spacial score (nSPS) is 19.7. The fourth-order valence-electron chi connectivity index (χ4n) is 4.68. The average molecular weight is 451 g/mol. The smallest absolute Gasteiger partial charge is 0.126 e. The summed E-state index contributed by atoms with van der Waals surface area (Å²) in [5.74, 6) is 1.06. The number of hydrogen-bond acceptors (Lipinski definition) is 2. The maximum atomic E-state index is 6.59. The third kappa shape index (κ3) is 6.63. The van der Waals surface area contributed by atoms with Gasteiger partial charge in [-0.2, -0.15) is 0 Å². The first-order valence-corrected chi connectivity index (χ1v) is 12.7. The highest BCUT2D eigenvalue weighted by molar-refractivity contribution is 5.50. The number of aryl methyl sites for hydroxylation is 1. The standard InChI is InChI=1S/C31H46O2/c1-21-17-26(30(5,6)7)28(27(18-21)31(8,9)10)32-20-25-16-15-24(33-25)19-22-11-13-23(14-12-22)29(2,3)4/h11-14,17-18,24-25H,15-16,19-20H2,1-10H3/t24-,25-/m1/s1. The Morgan fingerprint density at radius 2 is 1.27 bits per heavy atom. The van der Waals surface area contributed by atoms with Crippen molar-refractivity contribution in [2.24, 2.45) is 0 Å². The molecule has 2 heteroatoms. The largest absolute Gasteiger partial charge is 0.490 e. The molecule has 3 rings (SSSR count). The van der Waals surface area contributed by atoms with Crippen LogP contribution in [-0.2, 0) is 27.4 Å². The molecule has 0 saturated carbocycles. The molecule has 2 nitrogen and oxygen atoms in total. The molecule has 0 bridgehead atoms. The maximum Gasteiger partial charge on any atom is 0.126 e. The Labute approximate surface area is 203 Å². The van der Waals surface area contributed by atoms with Crippen LogP contribution < -0.4 is 4.74 Å². The van der Waals surface area contributed by atoms with Crippen LogP contribution in [0.15, 0.2) is 36.4 Å². The highest BCUT2D eigenvalue weighted by Crippen LogP contribution is 2.41. The zero-order valence-electron chi connectivity index (χ0n) is 22.8. The second kappa shape index (κ2) is 9.45. The summed E-state index contributed by atoms with van der Waals surface area (Å²) < 4.78 is 13.0. The van der Waals surface area contributed by atoms with Crippen molar-refractivity contribution in [1.82, 2.24) is 0 Å². The molecule has 1 fully saturated rings. The van der Waals surface area contributed by atoms with Gasteiger partial charge >= 0.3 is 0 Å². The van der Waals surface area contributed by atoms with Crippen molar-refractivity contribution in [3.05, 3.63) is 64.2 Å². The Morgan fingerprint density at radius 3 is 1.76 bits per heavy atom. The van der Waals surface area contributed by atoms with E-state index in [0.29, 0.717) is 6.61 Å². The van der Waals surface area contributed by atoms with Gasteiger partial charge in [0.15, 0.2) is 0 Å². The molecular formula is C31H46O2. The summed E-state index contributed by atoms with van der Waals surface area (Å²) in [6.07, 6.45) is 3.58. The van der Waals surface area contributed by atoms with Crippen LogP contribution >= 0.6 is 0 Å². The molecule has 0 aliphatic carbocycles. The zero-order valence-corrected chi connectivity index (χ0v) is 22.8. The third-order valence-corrected chi connectivity index (χ3v) is 6.74. The van der Waals surface area contributed by atoms with Crippen molar-refractivity contribution in [3.63, 3.8) is 0 Å². The van der Waals surface area contributed by atoms with E-state index in [1.807, 2.05) is 0 Å². The van der Waals surface area contributed by atoms with Gasteiger partial charge in [0.25, 0.3) is 0 Å². The van der Waals surface area contributed by atoms with E-state index < -0.39 is 0 Å². The van der Waals surface area contributed by atoms with Gasteiger partial charge in [-0.05, 0) is 53.6 Å². The minimum atomic E-state index is 0.0274. The second-order valence-corrected chi connectivity index (χ2v) is 13.1. The van der Waals surface area contributed by atoms with Crippen LogP contribution in [0.2, 0.25) is 0 Å². The molecule has 0 radical (unpaired) electrons. The molecule has 0 N–H and O–H groups in total. The Kier molecular flexibility index (Phi) is 7.39. The first-order valence-electron chi connectivity index (χ1n) is 12.7. The quantitative estimate of drug-likeness (QED) is 0.458. The predicted octanol–water partition coefficient (Wildman–Crippen LogP) is 8.06. The van der Waals surface area contributed by atoms with Gasteiger partial charge in [-0.15, -0.1) is 0 Å². The molecule has 182 valence electrons. The SMILES string of the molecule is Cc1cc(C(C)(C)C)c(OC[C@H]2CC[C@H](Cc3ccc(C(C)(C)C)cc3)O2)c(C(C)(C)C)c1. The number of benzene rings is 2. The van der Waals surface area contributed by atoms with Crippen LogP contribution in [0.3, 0.4) is 0 Å². The summed E-state index contributed by atoms with van der Waals surface area (Å²) in [5, 5.41) is 0. The Morgan fingerprint density at radius 1 is 0.758 bits per heavy atom. The van der Waals surface area contributed by atoms with Gasteiger partial charge in [0.05, 0.1) is 12.2 Å². The van der Waals surface area contributed by atoms with Crippen LogP contribution in [-0.4, -0.2) is 18.8 Å². The summed E-state index contributed by atoms with van der Waals surface area (Å²) >= 11 is 0. The summed E-state index contributed by atoms with van der Waals surface area (Å²) in [5.41, 5.74) is 6.87. The predicted molar refractivity (Wildman–Crippen MR) is 141 cm³/mol. The molecule has 0 spiro atoms. The van der Waals surface area contributed by atoms with Gasteiger partial charge in [0.1, 0.15) is 12.4 Å². The Balaban J connectivity index is 1.68. The number of rotatable bonds is 5. The van der Waals surface area contributed by atoms with Gasteiger partial charge in [0, 0.05) is 11.1 Å². The van der Waals surface area contributed by atoms with E-state index in [4.69, 9.17) is 9.47 Å². The van der Waals surface area contributed by atoms with E-state index in [9.17, 15) is 0 Å². The van der Waals surface area contributed by atoms with E-state index in [0.717, 1.165) is 25.0 Å². The van der Waals surface area contributed by atoms with Crippen LogP contribution in [0.5, 0.6) is 5.75 Å². The maximum absolute atomic E-state index is 6.59. The molecule has 1 aliphatic rings. The summed E-state index contributed by atoms with van der Waals surface area (Å²) in [6, 6.07) is 13.7. The molecular weight excluding hydrogens is 404 g/mol. The van der Waals surface area contributed by atoms with Crippen molar-refractivity contribution < 1.29 is 9.47 Å². The van der Waals surface area contributed by atoms with Crippen LogP contribution in [0.25, 0.3) is 0 Å². The highest BCUT2D eigenvalue weighted by atomic mass is 16.5. The topological polar surface area (TPSA) is 18.5 Å². The lowest BCUT2D eigenvalue weighted by atomic mass is 9.78. The first-order chi connectivity index (χ1) is 15.1. The number of hydrogen-bond donors (Lipinski definition) is 0. The fraction of sp³-hybridized carbons (Fsp3) is 0.613. The second-order valence-electron chi connectivity index (χ2n) is 13.1. The highest BCUT2D eigenvalue weighted by Gasteiger charge is 2.30. The molecule has 2 aromatic carbocycles. The molecule has 0 amide bonds. The lowest BCUT2D eigenvalue weighted by molar-refractivity contribution is 0.0177. The number of ether oxygens (including phenoxy) is 2. The van der Waals surface area contributed by atoms with Crippen molar-refractivity contribution in [2.45, 2.75) is 117 Å². The van der Waals surface area contributed by atoms with Gasteiger partial charge in [-0.3, -0.25) is 0 Å². The average Bonchev–Trinajstić information content (AvgIpc) is 3.12. The molecule has 2 aromatic rings. The van der Waals surface area contributed by atoms with Crippen molar-refractivity contribution in [3.8, 4) is 5.75 Å². The summed E-state index contributed by atoms with van der Waals surface area (Å²) in [7, 11) is 0. The molecule has 33 heavy (non-hydrogen) atoms. The van der Waals surface area contributed by atoms with Crippen LogP contribution in [0.4, 0.5) is 0 Å². The van der Waals surface area contributed by atoms with Crippen molar-refractivity contribution in [1.29, 1.82) is 0 Å². The lowest BCUT2D eigenvalue weighted by Crippen LogP contribution is -2.24. The first kappa shape index (κ1) is 25.8. The van der Waals surface area contributed by atoms with Gasteiger partial charge in [-0.1, -0.05) is 104 Å². The van der Waals surface area contributed by atoms with E-state index in [2.05, 4.69) is 106 Å². The Hall–Kier alpha value is -1.80. The van der Waals surface area contributed by atoms with E-state index in [1.54, 1.807) is 0 Å². The minimum absolute atomic E-state index is 0.0274. The van der Waals surface area contributed by atoms with E-state index in [1.165, 1.54) is 27.8 Å². The third-order valence-electron chi connectivity index (χ3n) is 6.74. The molecule has 1 saturated heterocycles. The van der Waals surface area contributed by atoms with Gasteiger partial charge < -0.3 is 9.47 Å². The molecule has 2 atom stereocenters. The van der Waals surface area contributed by atoms with E-state index in [-0.39, 0.29) is 28.5 Å². The lowest BCUT2D eigenvalue weighted by Gasteiger charge is -2.31. The Bertz CT molecular complexity index is 898. The molecule has 1 heterocycles. The van der Waals surface area contributed by atoms with Gasteiger partial charge in [-0.25, -0.2) is 0 Å². The van der Waals surface area contributed by atoms with E-state index >= 15 is 0 Å². The molecule has 0 unspecified atom stereocenters. The van der Waals surface area contributed by atoms with Crippen LogP contribution in [0, 0.1) is 6.92 Å². The summed E-state index contributed by atoms with van der Waals surface area (Å²) in [6.45, 7) is 23.2. The molecule has 0 aromatic heterocycles. The van der Waals surface area contributed by atoms with Crippen LogP contribution in [0.1, 0.15) is 103 Å². The van der Waals surface area contributed by atoms with Gasteiger partial charge in [0.2, 0.25) is 0 Å². The fourth-order valence-corrected chi connectivity index (χ4v) is 4.68. The summed E-state index contributed by atoms with van der Waals surface area (Å²) in [4.78, 5) is 0. The van der Waals surface area contributed by atoms with Crippen molar-refractivity contribution in [2.75, 3.05) is 6.61 Å². The van der Waals surface area contributed by atoms with Crippen molar-refractivity contribution >= 4 is 0 Å². The minimum Gasteiger partial charge on any atom is -0.490 e.